The zero-order valence-corrected chi connectivity index (χ0v) is 19.4. The predicted octanol–water partition coefficient (Wildman–Crippen LogP) is 7.14. The van der Waals surface area contributed by atoms with Crippen LogP contribution in [0.1, 0.15) is 38.0 Å². The van der Waals surface area contributed by atoms with Gasteiger partial charge in [0.05, 0.1) is 11.3 Å². The van der Waals surface area contributed by atoms with E-state index in [1.807, 2.05) is 30.3 Å². The molecule has 0 aliphatic heterocycles. The molecule has 34 heavy (non-hydrogen) atoms. The van der Waals surface area contributed by atoms with Gasteiger partial charge in [0.2, 0.25) is 0 Å². The summed E-state index contributed by atoms with van der Waals surface area (Å²) in [5.74, 6) is 0.742. The van der Waals surface area contributed by atoms with Crippen molar-refractivity contribution >= 4 is 34.0 Å². The standard InChI is InChI=1S/C24H18ClF3N2O3S/c1-14-21(12-15-11-16(24(26,27)28)7-9-19(15)25)34-23(29-14)30-22(31)20-10-8-18(33-20)13-32-17-5-3-2-4-6-17/h2-11H,12-13H2,1H3,(H,29,30,31). The number of benzene rings is 2. The van der Waals surface area contributed by atoms with E-state index in [1.54, 1.807) is 13.0 Å². The first-order chi connectivity index (χ1) is 16.2. The van der Waals surface area contributed by atoms with Crippen LogP contribution in [-0.4, -0.2) is 10.9 Å². The van der Waals surface area contributed by atoms with Crippen LogP contribution >= 0.6 is 22.9 Å². The molecule has 4 rings (SSSR count). The summed E-state index contributed by atoms with van der Waals surface area (Å²) < 4.78 is 50.3. The minimum Gasteiger partial charge on any atom is -0.486 e. The van der Waals surface area contributed by atoms with E-state index in [4.69, 9.17) is 20.8 Å². The van der Waals surface area contributed by atoms with Gasteiger partial charge in [-0.3, -0.25) is 10.1 Å². The Labute approximate surface area is 202 Å². The molecule has 0 bridgehead atoms. The van der Waals surface area contributed by atoms with Crippen molar-refractivity contribution in [2.45, 2.75) is 26.1 Å². The van der Waals surface area contributed by atoms with Crippen molar-refractivity contribution in [3.8, 4) is 5.75 Å². The van der Waals surface area contributed by atoms with Crippen LogP contribution in [0.4, 0.5) is 18.3 Å². The van der Waals surface area contributed by atoms with Crippen molar-refractivity contribution in [2.75, 3.05) is 5.32 Å². The van der Waals surface area contributed by atoms with E-state index in [0.717, 1.165) is 23.5 Å². The lowest BCUT2D eigenvalue weighted by Gasteiger charge is -2.10. The van der Waals surface area contributed by atoms with Gasteiger partial charge in [-0.15, -0.1) is 11.3 Å². The van der Waals surface area contributed by atoms with Gasteiger partial charge in [-0.2, -0.15) is 13.2 Å². The molecule has 1 amide bonds. The highest BCUT2D eigenvalue weighted by atomic mass is 35.5. The molecule has 5 nitrogen and oxygen atoms in total. The van der Waals surface area contributed by atoms with Crippen LogP contribution in [-0.2, 0) is 19.2 Å². The van der Waals surface area contributed by atoms with E-state index < -0.39 is 17.6 Å². The number of carbonyl (C=O) groups is 1. The molecule has 4 aromatic rings. The number of halogens is 4. The van der Waals surface area contributed by atoms with Crippen LogP contribution in [0.25, 0.3) is 0 Å². The van der Waals surface area contributed by atoms with Gasteiger partial charge in [0.1, 0.15) is 18.1 Å². The summed E-state index contributed by atoms with van der Waals surface area (Å²) in [6.45, 7) is 1.88. The topological polar surface area (TPSA) is 64.4 Å². The number of para-hydroxylation sites is 1. The number of carbonyl (C=O) groups excluding carboxylic acids is 1. The van der Waals surface area contributed by atoms with Gasteiger partial charge in [0.15, 0.2) is 10.9 Å². The molecule has 1 N–H and O–H groups in total. The third kappa shape index (κ3) is 5.78. The molecule has 0 radical (unpaired) electrons. The molecule has 2 heterocycles. The number of nitrogens with zero attached hydrogens (tertiary/aromatic N) is 1. The maximum absolute atomic E-state index is 13.0. The largest absolute Gasteiger partial charge is 0.486 e. The zero-order valence-electron chi connectivity index (χ0n) is 17.8. The van der Waals surface area contributed by atoms with E-state index in [2.05, 4.69) is 10.3 Å². The molecule has 0 aliphatic carbocycles. The summed E-state index contributed by atoms with van der Waals surface area (Å²) in [6, 6.07) is 15.6. The molecule has 0 saturated heterocycles. The molecule has 2 aromatic heterocycles. The Morgan fingerprint density at radius 2 is 1.91 bits per heavy atom. The molecule has 0 unspecified atom stereocenters. The quantitative estimate of drug-likeness (QED) is 0.289. The number of hydrogen-bond acceptors (Lipinski definition) is 5. The number of nitrogens with one attached hydrogen (secondary N) is 1. The summed E-state index contributed by atoms with van der Waals surface area (Å²) in [5.41, 5.74) is 0.146. The first kappa shape index (κ1) is 23.8. The van der Waals surface area contributed by atoms with E-state index in [-0.39, 0.29) is 23.8 Å². The fraction of sp³-hybridized carbons (Fsp3) is 0.167. The minimum absolute atomic E-state index is 0.0852. The average molecular weight is 507 g/mol. The van der Waals surface area contributed by atoms with Crippen molar-refractivity contribution in [1.29, 1.82) is 0 Å². The molecule has 2 aromatic carbocycles. The number of aryl methyl sites for hydroxylation is 1. The molecular formula is C24H18ClF3N2O3S. The zero-order chi connectivity index (χ0) is 24.3. The lowest BCUT2D eigenvalue weighted by atomic mass is 10.1. The summed E-state index contributed by atoms with van der Waals surface area (Å²) in [5, 5.41) is 3.20. The first-order valence-corrected chi connectivity index (χ1v) is 11.3. The number of hydrogen-bond donors (Lipinski definition) is 1. The number of thiazole rings is 1. The van der Waals surface area contributed by atoms with Crippen LogP contribution in [0, 0.1) is 6.92 Å². The molecule has 176 valence electrons. The van der Waals surface area contributed by atoms with Crippen molar-refractivity contribution in [1.82, 2.24) is 4.98 Å². The van der Waals surface area contributed by atoms with Gasteiger partial charge < -0.3 is 9.15 Å². The highest BCUT2D eigenvalue weighted by molar-refractivity contribution is 7.15. The lowest BCUT2D eigenvalue weighted by Crippen LogP contribution is -2.10. The Morgan fingerprint density at radius 3 is 2.65 bits per heavy atom. The SMILES string of the molecule is Cc1nc(NC(=O)c2ccc(COc3ccccc3)o2)sc1Cc1cc(C(F)(F)F)ccc1Cl. The number of amides is 1. The van der Waals surface area contributed by atoms with Crippen molar-refractivity contribution in [3.63, 3.8) is 0 Å². The molecule has 0 aliphatic rings. The van der Waals surface area contributed by atoms with Gasteiger partial charge in [0.25, 0.3) is 5.91 Å². The van der Waals surface area contributed by atoms with E-state index >= 15 is 0 Å². The molecule has 0 saturated carbocycles. The Kier molecular flexibility index (Phi) is 6.95. The monoisotopic (exact) mass is 506 g/mol. The van der Waals surface area contributed by atoms with Gasteiger partial charge >= 0.3 is 6.18 Å². The average Bonchev–Trinajstić information content (AvgIpc) is 3.40. The van der Waals surface area contributed by atoms with Crippen LogP contribution in [0.2, 0.25) is 5.02 Å². The van der Waals surface area contributed by atoms with Crippen LogP contribution in [0.3, 0.4) is 0 Å². The number of furan rings is 1. The second kappa shape index (κ2) is 9.90. The van der Waals surface area contributed by atoms with Crippen LogP contribution in [0.15, 0.2) is 65.1 Å². The summed E-state index contributed by atoms with van der Waals surface area (Å²) >= 11 is 7.28. The van der Waals surface area contributed by atoms with Crippen LogP contribution < -0.4 is 10.1 Å². The van der Waals surface area contributed by atoms with Gasteiger partial charge in [0, 0.05) is 16.3 Å². The normalized spacial score (nSPS) is 11.4. The summed E-state index contributed by atoms with van der Waals surface area (Å²) in [6.07, 6.45) is -4.31. The fourth-order valence-electron chi connectivity index (χ4n) is 3.11. The lowest BCUT2D eigenvalue weighted by molar-refractivity contribution is -0.137. The molecule has 0 fully saturated rings. The first-order valence-electron chi connectivity index (χ1n) is 10.1. The second-order valence-corrected chi connectivity index (χ2v) is 8.82. The third-order valence-corrected chi connectivity index (χ3v) is 6.29. The smallest absolute Gasteiger partial charge is 0.416 e. The van der Waals surface area contributed by atoms with Crippen molar-refractivity contribution < 1.29 is 27.1 Å². The van der Waals surface area contributed by atoms with Gasteiger partial charge in [-0.1, -0.05) is 29.8 Å². The third-order valence-electron chi connectivity index (χ3n) is 4.85. The highest BCUT2D eigenvalue weighted by Gasteiger charge is 2.31. The van der Waals surface area contributed by atoms with Crippen molar-refractivity contribution in [3.05, 3.63) is 98.9 Å². The maximum atomic E-state index is 13.0. The maximum Gasteiger partial charge on any atom is 0.416 e. The Hall–Kier alpha value is -3.30. The van der Waals surface area contributed by atoms with E-state index in [0.29, 0.717) is 32.8 Å². The van der Waals surface area contributed by atoms with E-state index in [1.165, 1.54) is 12.1 Å². The number of ether oxygens (including phenoxy) is 1. The molecular weight excluding hydrogens is 489 g/mol. The van der Waals surface area contributed by atoms with Gasteiger partial charge in [-0.25, -0.2) is 4.98 Å². The number of rotatable bonds is 7. The minimum atomic E-state index is -4.46. The predicted molar refractivity (Wildman–Crippen MR) is 124 cm³/mol. The molecule has 0 atom stereocenters. The molecule has 10 heteroatoms. The second-order valence-electron chi connectivity index (χ2n) is 7.33. The van der Waals surface area contributed by atoms with Gasteiger partial charge in [-0.05, 0) is 55.0 Å². The Morgan fingerprint density at radius 1 is 1.15 bits per heavy atom. The number of anilines is 1. The fourth-order valence-corrected chi connectivity index (χ4v) is 4.28. The van der Waals surface area contributed by atoms with Crippen LogP contribution in [0.5, 0.6) is 5.75 Å². The Balaban J connectivity index is 1.41. The number of aromatic nitrogens is 1. The van der Waals surface area contributed by atoms with Crippen molar-refractivity contribution in [2.24, 2.45) is 0 Å². The number of alkyl halides is 3. The van der Waals surface area contributed by atoms with E-state index in [9.17, 15) is 18.0 Å². The summed E-state index contributed by atoms with van der Waals surface area (Å²) in [4.78, 5) is 17.6. The Bertz CT molecular complexity index is 1300. The summed E-state index contributed by atoms with van der Waals surface area (Å²) in [7, 11) is 0. The highest BCUT2D eigenvalue weighted by Crippen LogP contribution is 2.34. The molecule has 0 spiro atoms.